The number of piperidine rings is 1. The lowest BCUT2D eigenvalue weighted by Gasteiger charge is -2.33. The molecule has 6 rings (SSSR count). The summed E-state index contributed by atoms with van der Waals surface area (Å²) in [6.07, 6.45) is 1.52. The summed E-state index contributed by atoms with van der Waals surface area (Å²) >= 11 is 0. The van der Waals surface area contributed by atoms with Crippen molar-refractivity contribution in [2.24, 2.45) is 0 Å². The van der Waals surface area contributed by atoms with Crippen LogP contribution < -0.4 is 20.5 Å². The Bertz CT molecular complexity index is 1670. The van der Waals surface area contributed by atoms with Gasteiger partial charge < -0.3 is 24.7 Å². The number of benzene rings is 3. The molecule has 0 saturated carbocycles. The van der Waals surface area contributed by atoms with E-state index in [9.17, 15) is 14.4 Å². The Labute approximate surface area is 217 Å². The summed E-state index contributed by atoms with van der Waals surface area (Å²) in [5.41, 5.74) is 2.84. The van der Waals surface area contributed by atoms with Gasteiger partial charge in [0.25, 0.3) is 5.56 Å². The monoisotopic (exact) mass is 514 g/mol. The standard InChI is InChI=1S/C28H27FN6O3/c1-38-21-10-11-23-22(16-21)26(36)35(37)28(32-23)33-14-12-20(13-15-33)30-27-31-24-4-2-3-5-25(24)34(27)17-18-6-8-19(29)9-7-18/h2-11,16,20,37H,12-15,17H2,1H3,(H,30,31). The highest BCUT2D eigenvalue weighted by atomic mass is 19.1. The molecule has 1 aliphatic heterocycles. The summed E-state index contributed by atoms with van der Waals surface area (Å²) in [6.45, 7) is 1.76. The van der Waals surface area contributed by atoms with Crippen LogP contribution in [-0.4, -0.2) is 50.7 Å². The second-order valence-electron chi connectivity index (χ2n) is 9.45. The lowest BCUT2D eigenvalue weighted by molar-refractivity contribution is 0.175. The van der Waals surface area contributed by atoms with Crippen molar-refractivity contribution in [3.05, 3.63) is 88.5 Å². The topological polar surface area (TPSA) is 97.4 Å². The van der Waals surface area contributed by atoms with Crippen LogP contribution in [0.25, 0.3) is 21.9 Å². The van der Waals surface area contributed by atoms with Crippen LogP contribution in [0.5, 0.6) is 5.75 Å². The molecule has 1 saturated heterocycles. The van der Waals surface area contributed by atoms with E-state index >= 15 is 0 Å². The van der Waals surface area contributed by atoms with E-state index in [1.54, 1.807) is 30.3 Å². The molecule has 194 valence electrons. The van der Waals surface area contributed by atoms with Gasteiger partial charge in [-0.15, -0.1) is 4.73 Å². The number of imidazole rings is 1. The number of nitrogens with zero attached hydrogens (tertiary/aromatic N) is 5. The molecular formula is C28H27FN6O3. The van der Waals surface area contributed by atoms with Gasteiger partial charge in [-0.1, -0.05) is 24.3 Å². The van der Waals surface area contributed by atoms with Gasteiger partial charge in [-0.05, 0) is 60.9 Å². The van der Waals surface area contributed by atoms with Gasteiger partial charge in [-0.3, -0.25) is 4.79 Å². The van der Waals surface area contributed by atoms with Crippen molar-refractivity contribution in [1.82, 2.24) is 19.3 Å². The molecule has 0 spiro atoms. The first-order valence-corrected chi connectivity index (χ1v) is 12.5. The van der Waals surface area contributed by atoms with Crippen molar-refractivity contribution in [2.75, 3.05) is 30.4 Å². The molecule has 9 nitrogen and oxygen atoms in total. The first-order valence-electron chi connectivity index (χ1n) is 12.5. The van der Waals surface area contributed by atoms with E-state index in [4.69, 9.17) is 9.72 Å². The van der Waals surface area contributed by atoms with Crippen LogP contribution >= 0.6 is 0 Å². The molecule has 1 aliphatic rings. The molecule has 0 aliphatic carbocycles. The number of fused-ring (bicyclic) bond motifs is 2. The predicted molar refractivity (Wildman–Crippen MR) is 144 cm³/mol. The Morgan fingerprint density at radius 2 is 1.79 bits per heavy atom. The van der Waals surface area contributed by atoms with Crippen LogP contribution in [-0.2, 0) is 6.54 Å². The normalized spacial score (nSPS) is 14.3. The Morgan fingerprint density at radius 1 is 1.03 bits per heavy atom. The van der Waals surface area contributed by atoms with Crippen LogP contribution in [0.4, 0.5) is 16.3 Å². The third kappa shape index (κ3) is 4.38. The highest BCUT2D eigenvalue weighted by Crippen LogP contribution is 2.26. The Hall–Kier alpha value is -4.60. The average molecular weight is 515 g/mol. The molecule has 3 aromatic carbocycles. The summed E-state index contributed by atoms with van der Waals surface area (Å²) in [6, 6.07) is 19.6. The third-order valence-electron chi connectivity index (χ3n) is 7.06. The number of nitrogens with one attached hydrogen (secondary N) is 1. The largest absolute Gasteiger partial charge is 0.497 e. The van der Waals surface area contributed by atoms with Crippen LogP contribution in [0.1, 0.15) is 18.4 Å². The van der Waals surface area contributed by atoms with Gasteiger partial charge >= 0.3 is 0 Å². The maximum atomic E-state index is 13.4. The Balaban J connectivity index is 1.21. The van der Waals surface area contributed by atoms with Crippen molar-refractivity contribution in [2.45, 2.75) is 25.4 Å². The van der Waals surface area contributed by atoms with E-state index in [0.717, 1.165) is 35.4 Å². The van der Waals surface area contributed by atoms with Gasteiger partial charge in [0.15, 0.2) is 0 Å². The molecule has 5 aromatic rings. The zero-order valence-corrected chi connectivity index (χ0v) is 20.8. The molecule has 2 aromatic heterocycles. The van der Waals surface area contributed by atoms with Gasteiger partial charge in [0.1, 0.15) is 11.6 Å². The molecule has 0 amide bonds. The second-order valence-corrected chi connectivity index (χ2v) is 9.45. The first-order chi connectivity index (χ1) is 18.5. The van der Waals surface area contributed by atoms with E-state index in [0.29, 0.717) is 41.0 Å². The summed E-state index contributed by atoms with van der Waals surface area (Å²) in [5, 5.41) is 14.5. The Morgan fingerprint density at radius 3 is 2.55 bits per heavy atom. The molecule has 0 radical (unpaired) electrons. The first kappa shape index (κ1) is 23.8. The highest BCUT2D eigenvalue weighted by Gasteiger charge is 2.25. The van der Waals surface area contributed by atoms with E-state index < -0.39 is 5.56 Å². The quantitative estimate of drug-likeness (QED) is 0.327. The minimum Gasteiger partial charge on any atom is -0.497 e. The van der Waals surface area contributed by atoms with Crippen LogP contribution in [0, 0.1) is 5.82 Å². The zero-order valence-electron chi connectivity index (χ0n) is 20.8. The number of ether oxygens (including phenoxy) is 1. The van der Waals surface area contributed by atoms with Crippen LogP contribution in [0.2, 0.25) is 0 Å². The number of halogens is 1. The third-order valence-corrected chi connectivity index (χ3v) is 7.06. The Kier molecular flexibility index (Phi) is 6.07. The summed E-state index contributed by atoms with van der Waals surface area (Å²) in [4.78, 5) is 24.1. The maximum Gasteiger partial charge on any atom is 0.295 e. The van der Waals surface area contributed by atoms with Crippen LogP contribution in [0.3, 0.4) is 0 Å². The average Bonchev–Trinajstić information content (AvgIpc) is 3.28. The van der Waals surface area contributed by atoms with Crippen LogP contribution in [0.15, 0.2) is 71.5 Å². The minimum absolute atomic E-state index is 0.138. The highest BCUT2D eigenvalue weighted by molar-refractivity contribution is 5.80. The smallest absolute Gasteiger partial charge is 0.295 e. The lowest BCUT2D eigenvalue weighted by Crippen LogP contribution is -2.42. The van der Waals surface area contributed by atoms with E-state index in [2.05, 4.69) is 14.9 Å². The zero-order chi connectivity index (χ0) is 26.2. The number of aromatic nitrogens is 4. The molecule has 38 heavy (non-hydrogen) atoms. The molecule has 2 N–H and O–H groups in total. The second kappa shape index (κ2) is 9.70. The number of hydrogen-bond donors (Lipinski definition) is 2. The fraction of sp³-hybridized carbons (Fsp3) is 0.250. The maximum absolute atomic E-state index is 13.4. The fourth-order valence-electron chi connectivity index (χ4n) is 5.00. The van der Waals surface area contributed by atoms with Gasteiger partial charge in [-0.25, -0.2) is 14.4 Å². The van der Waals surface area contributed by atoms with E-state index in [1.165, 1.54) is 19.2 Å². The number of para-hydroxylation sites is 2. The van der Waals surface area contributed by atoms with Crippen molar-refractivity contribution >= 4 is 33.8 Å². The molecule has 3 heterocycles. The predicted octanol–water partition coefficient (Wildman–Crippen LogP) is 4.26. The molecule has 0 bridgehead atoms. The summed E-state index contributed by atoms with van der Waals surface area (Å²) in [5.74, 6) is 1.25. The number of hydrogen-bond acceptors (Lipinski definition) is 7. The number of anilines is 2. The summed E-state index contributed by atoms with van der Waals surface area (Å²) in [7, 11) is 1.52. The number of methoxy groups -OCH3 is 1. The van der Waals surface area contributed by atoms with Gasteiger partial charge in [-0.2, -0.15) is 0 Å². The van der Waals surface area contributed by atoms with Crippen molar-refractivity contribution in [3.8, 4) is 5.75 Å². The SMILES string of the molecule is COc1ccc2nc(N3CCC(Nc4nc5ccccc5n4Cc4ccc(F)cc4)CC3)n(O)c(=O)c2c1. The minimum atomic E-state index is -0.529. The lowest BCUT2D eigenvalue weighted by atomic mass is 10.1. The molecule has 0 atom stereocenters. The van der Waals surface area contributed by atoms with E-state index in [1.807, 2.05) is 29.2 Å². The molecule has 10 heteroatoms. The van der Waals surface area contributed by atoms with E-state index in [-0.39, 0.29) is 17.8 Å². The number of rotatable bonds is 6. The van der Waals surface area contributed by atoms with Crippen molar-refractivity contribution in [1.29, 1.82) is 0 Å². The molecule has 1 fully saturated rings. The van der Waals surface area contributed by atoms with Gasteiger partial charge in [0, 0.05) is 19.1 Å². The van der Waals surface area contributed by atoms with Crippen molar-refractivity contribution in [3.63, 3.8) is 0 Å². The fourth-order valence-corrected chi connectivity index (χ4v) is 5.00. The summed E-state index contributed by atoms with van der Waals surface area (Å²) < 4.78 is 21.4. The van der Waals surface area contributed by atoms with Gasteiger partial charge in [0.05, 0.1) is 35.6 Å². The molecular weight excluding hydrogens is 487 g/mol. The molecule has 0 unspecified atom stereocenters. The van der Waals surface area contributed by atoms with Crippen molar-refractivity contribution < 1.29 is 14.3 Å². The van der Waals surface area contributed by atoms with Gasteiger partial charge in [0.2, 0.25) is 11.9 Å².